The molecule has 0 N–H and O–H groups in total. The molecule has 1 saturated carbocycles. The fourth-order valence-corrected chi connectivity index (χ4v) is 4.14. The van der Waals surface area contributed by atoms with E-state index in [2.05, 4.69) is 47.1 Å². The van der Waals surface area contributed by atoms with Gasteiger partial charge >= 0.3 is 0 Å². The van der Waals surface area contributed by atoms with E-state index in [0.717, 1.165) is 24.2 Å². The van der Waals surface area contributed by atoms with Gasteiger partial charge in [0.1, 0.15) is 0 Å². The third-order valence-corrected chi connectivity index (χ3v) is 6.04. The van der Waals surface area contributed by atoms with Gasteiger partial charge in [-0.25, -0.2) is 4.98 Å². The Morgan fingerprint density at radius 3 is 2.82 bits per heavy atom. The molecule has 1 aromatic rings. The summed E-state index contributed by atoms with van der Waals surface area (Å²) >= 11 is 5.65. The molecule has 1 fully saturated rings. The van der Waals surface area contributed by atoms with Crippen molar-refractivity contribution in [1.29, 1.82) is 0 Å². The molecular formula is C14H22BrNS. The molecule has 96 valence electrons. The molecule has 1 aliphatic carbocycles. The lowest BCUT2D eigenvalue weighted by atomic mass is 9.75. The predicted molar refractivity (Wildman–Crippen MR) is 78.9 cm³/mol. The van der Waals surface area contributed by atoms with Crippen molar-refractivity contribution < 1.29 is 0 Å². The monoisotopic (exact) mass is 315 g/mol. The second-order valence-electron chi connectivity index (χ2n) is 5.66. The quantitative estimate of drug-likeness (QED) is 0.728. The summed E-state index contributed by atoms with van der Waals surface area (Å²) in [4.78, 5) is 5.30. The molecule has 3 heteroatoms. The Morgan fingerprint density at radius 1 is 1.47 bits per heavy atom. The number of hydrogen-bond donors (Lipinski definition) is 0. The first-order valence-corrected chi connectivity index (χ1v) is 8.41. The molecule has 3 atom stereocenters. The van der Waals surface area contributed by atoms with Crippen molar-refractivity contribution in [2.45, 2.75) is 51.3 Å². The van der Waals surface area contributed by atoms with E-state index in [-0.39, 0.29) is 0 Å². The second-order valence-corrected chi connectivity index (χ2v) is 7.89. The summed E-state index contributed by atoms with van der Waals surface area (Å²) < 4.78 is 0. The Hall–Kier alpha value is 0.110. The van der Waals surface area contributed by atoms with Gasteiger partial charge in [-0.1, -0.05) is 29.8 Å². The maximum atomic E-state index is 4.61. The molecule has 0 aromatic carbocycles. The summed E-state index contributed by atoms with van der Waals surface area (Å²) in [5.74, 6) is 2.51. The van der Waals surface area contributed by atoms with Gasteiger partial charge in [0.25, 0.3) is 0 Å². The number of halogens is 1. The van der Waals surface area contributed by atoms with Gasteiger partial charge in [-0.3, -0.25) is 0 Å². The molecule has 0 saturated heterocycles. The summed E-state index contributed by atoms with van der Waals surface area (Å²) in [5, 5.41) is 3.43. The van der Waals surface area contributed by atoms with Crippen LogP contribution in [-0.4, -0.2) is 9.81 Å². The van der Waals surface area contributed by atoms with Gasteiger partial charge < -0.3 is 0 Å². The minimum absolute atomic E-state index is 0.694. The normalized spacial score (nSPS) is 29.8. The number of rotatable bonds is 3. The molecular weight excluding hydrogens is 294 g/mol. The lowest BCUT2D eigenvalue weighted by molar-refractivity contribution is 0.222. The van der Waals surface area contributed by atoms with Crippen LogP contribution in [0, 0.1) is 24.7 Å². The van der Waals surface area contributed by atoms with E-state index in [1.165, 1.54) is 30.0 Å². The third kappa shape index (κ3) is 3.54. The van der Waals surface area contributed by atoms with Gasteiger partial charge in [-0.05, 0) is 50.4 Å². The minimum atomic E-state index is 0.694. The zero-order valence-electron chi connectivity index (χ0n) is 10.9. The summed E-state index contributed by atoms with van der Waals surface area (Å²) in [6, 6.07) is 0. The third-order valence-electron chi connectivity index (χ3n) is 4.01. The fraction of sp³-hybridized carbons (Fsp3) is 0.786. The van der Waals surface area contributed by atoms with E-state index in [1.807, 2.05) is 0 Å². The van der Waals surface area contributed by atoms with Crippen molar-refractivity contribution in [3.05, 3.63) is 16.1 Å². The van der Waals surface area contributed by atoms with Crippen LogP contribution in [-0.2, 0) is 6.42 Å². The highest BCUT2D eigenvalue weighted by atomic mass is 79.9. The highest BCUT2D eigenvalue weighted by Gasteiger charge is 2.30. The number of nitrogens with zero attached hydrogens (tertiary/aromatic N) is 1. The summed E-state index contributed by atoms with van der Waals surface area (Å²) in [6.07, 6.45) is 5.24. The van der Waals surface area contributed by atoms with Crippen LogP contribution in [0.2, 0.25) is 0 Å². The highest BCUT2D eigenvalue weighted by Crippen LogP contribution is 2.38. The van der Waals surface area contributed by atoms with Crippen LogP contribution in [0.5, 0.6) is 0 Å². The largest absolute Gasteiger partial charge is 0.247 e. The van der Waals surface area contributed by atoms with Gasteiger partial charge in [-0.2, -0.15) is 0 Å². The van der Waals surface area contributed by atoms with Crippen molar-refractivity contribution in [3.63, 3.8) is 0 Å². The van der Waals surface area contributed by atoms with Crippen molar-refractivity contribution in [2.24, 2.45) is 17.8 Å². The van der Waals surface area contributed by atoms with Crippen LogP contribution in [0.15, 0.2) is 5.38 Å². The second kappa shape index (κ2) is 5.83. The van der Waals surface area contributed by atoms with E-state index in [0.29, 0.717) is 4.83 Å². The highest BCUT2D eigenvalue weighted by molar-refractivity contribution is 9.09. The smallest absolute Gasteiger partial charge is 0.0897 e. The zero-order chi connectivity index (χ0) is 12.4. The van der Waals surface area contributed by atoms with Gasteiger partial charge in [0, 0.05) is 10.2 Å². The molecule has 3 unspecified atom stereocenters. The molecule has 2 rings (SSSR count). The Bertz CT molecular complexity index is 361. The molecule has 17 heavy (non-hydrogen) atoms. The standard InChI is InChI=1S/C14H22BrNS/c1-9(2)11-4-5-14(15)12(6-11)7-13-8-17-10(3)16-13/h8-9,11-12,14H,4-7H2,1-3H3. The lowest BCUT2D eigenvalue weighted by Crippen LogP contribution is -2.29. The Morgan fingerprint density at radius 2 is 2.24 bits per heavy atom. The predicted octanol–water partition coefficient (Wildman–Crippen LogP) is 4.83. The van der Waals surface area contributed by atoms with Crippen LogP contribution in [0.1, 0.15) is 43.8 Å². The molecule has 0 bridgehead atoms. The van der Waals surface area contributed by atoms with Gasteiger partial charge in [0.05, 0.1) is 10.7 Å². The van der Waals surface area contributed by atoms with E-state index in [1.54, 1.807) is 11.3 Å². The van der Waals surface area contributed by atoms with E-state index >= 15 is 0 Å². The molecule has 1 nitrogen and oxygen atoms in total. The average molecular weight is 316 g/mol. The SMILES string of the molecule is Cc1nc(CC2CC(C(C)C)CCC2Br)cs1. The molecule has 1 aliphatic rings. The molecule has 0 radical (unpaired) electrons. The van der Waals surface area contributed by atoms with Crippen molar-refractivity contribution in [3.8, 4) is 0 Å². The van der Waals surface area contributed by atoms with Crippen molar-refractivity contribution >= 4 is 27.3 Å². The van der Waals surface area contributed by atoms with Crippen LogP contribution < -0.4 is 0 Å². The number of thiazole rings is 1. The maximum Gasteiger partial charge on any atom is 0.0897 e. The van der Waals surface area contributed by atoms with Crippen molar-refractivity contribution in [1.82, 2.24) is 4.98 Å². The number of aromatic nitrogens is 1. The van der Waals surface area contributed by atoms with Crippen molar-refractivity contribution in [2.75, 3.05) is 0 Å². The molecule has 0 amide bonds. The number of alkyl halides is 1. The molecule has 0 aliphatic heterocycles. The summed E-state index contributed by atoms with van der Waals surface area (Å²) in [7, 11) is 0. The lowest BCUT2D eigenvalue weighted by Gasteiger charge is -2.35. The average Bonchev–Trinajstić information content (AvgIpc) is 2.67. The first-order valence-electron chi connectivity index (χ1n) is 6.61. The van der Waals surface area contributed by atoms with E-state index in [9.17, 15) is 0 Å². The first-order chi connectivity index (χ1) is 8.06. The molecule has 1 aromatic heterocycles. The van der Waals surface area contributed by atoms with Crippen LogP contribution in [0.25, 0.3) is 0 Å². The van der Waals surface area contributed by atoms with E-state index in [4.69, 9.17) is 0 Å². The van der Waals surface area contributed by atoms with Crippen LogP contribution in [0.3, 0.4) is 0 Å². The maximum absolute atomic E-state index is 4.61. The zero-order valence-corrected chi connectivity index (χ0v) is 13.4. The van der Waals surface area contributed by atoms with Crippen LogP contribution in [0.4, 0.5) is 0 Å². The summed E-state index contributed by atoms with van der Waals surface area (Å²) in [6.45, 7) is 6.82. The first kappa shape index (κ1) is 13.5. The van der Waals surface area contributed by atoms with Crippen LogP contribution >= 0.6 is 27.3 Å². The molecule has 1 heterocycles. The number of aryl methyl sites for hydroxylation is 1. The fourth-order valence-electron chi connectivity index (χ4n) is 2.85. The minimum Gasteiger partial charge on any atom is -0.247 e. The summed E-state index contributed by atoms with van der Waals surface area (Å²) in [5.41, 5.74) is 1.30. The van der Waals surface area contributed by atoms with E-state index < -0.39 is 0 Å². The van der Waals surface area contributed by atoms with Gasteiger partial charge in [-0.15, -0.1) is 11.3 Å². The topological polar surface area (TPSA) is 12.9 Å². The Labute approximate surface area is 117 Å². The van der Waals surface area contributed by atoms with Gasteiger partial charge in [0.15, 0.2) is 0 Å². The molecule has 0 spiro atoms. The Kier molecular flexibility index (Phi) is 4.65. The Balaban J connectivity index is 1.98. The number of hydrogen-bond acceptors (Lipinski definition) is 2. The van der Waals surface area contributed by atoms with Gasteiger partial charge in [0.2, 0.25) is 0 Å².